The summed E-state index contributed by atoms with van der Waals surface area (Å²) in [5, 5.41) is 7.17. The van der Waals surface area contributed by atoms with Crippen LogP contribution in [0.5, 0.6) is 0 Å². The fourth-order valence-corrected chi connectivity index (χ4v) is 3.05. The van der Waals surface area contributed by atoms with E-state index in [2.05, 4.69) is 10.4 Å². The third-order valence-electron chi connectivity index (χ3n) is 4.56. The zero-order chi connectivity index (χ0) is 21.1. The first kappa shape index (κ1) is 19.4. The number of carbonyl (C=O) groups excluding carboxylic acids is 1. The van der Waals surface area contributed by atoms with E-state index in [9.17, 15) is 18.0 Å². The van der Waals surface area contributed by atoms with Crippen molar-refractivity contribution in [3.63, 3.8) is 0 Å². The maximum absolute atomic E-state index is 13.9. The largest absolute Gasteiger partial charge is 0.348 e. The van der Waals surface area contributed by atoms with Crippen LogP contribution >= 0.6 is 0 Å². The third-order valence-corrected chi connectivity index (χ3v) is 4.56. The Bertz CT molecular complexity index is 1190. The first-order valence-corrected chi connectivity index (χ1v) is 9.15. The van der Waals surface area contributed by atoms with E-state index in [0.29, 0.717) is 16.8 Å². The number of halogens is 3. The minimum absolute atomic E-state index is 0.0222. The van der Waals surface area contributed by atoms with Gasteiger partial charge in [0.05, 0.1) is 16.9 Å². The quantitative estimate of drug-likeness (QED) is 0.512. The molecule has 150 valence electrons. The molecule has 0 aliphatic rings. The van der Waals surface area contributed by atoms with Gasteiger partial charge in [0.15, 0.2) is 11.6 Å². The van der Waals surface area contributed by atoms with E-state index in [1.807, 2.05) is 30.3 Å². The summed E-state index contributed by atoms with van der Waals surface area (Å²) in [6.45, 7) is 0.0222. The van der Waals surface area contributed by atoms with Crippen molar-refractivity contribution in [2.24, 2.45) is 0 Å². The fourth-order valence-electron chi connectivity index (χ4n) is 3.05. The van der Waals surface area contributed by atoms with Crippen LogP contribution in [0.4, 0.5) is 13.2 Å². The summed E-state index contributed by atoms with van der Waals surface area (Å²) in [5.41, 5.74) is 2.25. The van der Waals surface area contributed by atoms with Crippen LogP contribution in [0.3, 0.4) is 0 Å². The molecule has 30 heavy (non-hydrogen) atoms. The second kappa shape index (κ2) is 8.24. The summed E-state index contributed by atoms with van der Waals surface area (Å²) in [5.74, 6) is -3.41. The Morgan fingerprint density at radius 1 is 0.900 bits per heavy atom. The van der Waals surface area contributed by atoms with Gasteiger partial charge in [0.1, 0.15) is 5.82 Å². The van der Waals surface area contributed by atoms with Crippen molar-refractivity contribution >= 4 is 5.91 Å². The SMILES string of the molecule is O=C(NCc1cn(-c2ccccc2)nc1-c1ccc(F)cc1)c1cccc(F)c1F. The molecule has 4 nitrogen and oxygen atoms in total. The Balaban J connectivity index is 1.66. The number of hydrogen-bond donors (Lipinski definition) is 1. The lowest BCUT2D eigenvalue weighted by Gasteiger charge is -2.07. The number of amides is 1. The molecule has 1 heterocycles. The van der Waals surface area contributed by atoms with E-state index in [0.717, 1.165) is 11.8 Å². The Hall–Kier alpha value is -3.87. The van der Waals surface area contributed by atoms with Crippen LogP contribution in [0.25, 0.3) is 16.9 Å². The molecule has 4 aromatic rings. The van der Waals surface area contributed by atoms with Crippen LogP contribution in [0.1, 0.15) is 15.9 Å². The van der Waals surface area contributed by atoms with E-state index < -0.39 is 17.5 Å². The molecule has 0 bridgehead atoms. The van der Waals surface area contributed by atoms with Gasteiger partial charge in [-0.25, -0.2) is 17.9 Å². The first-order chi connectivity index (χ1) is 14.5. The van der Waals surface area contributed by atoms with Crippen molar-refractivity contribution in [3.8, 4) is 16.9 Å². The molecule has 0 fully saturated rings. The molecule has 3 aromatic carbocycles. The molecule has 1 N–H and O–H groups in total. The Morgan fingerprint density at radius 3 is 2.37 bits per heavy atom. The highest BCUT2D eigenvalue weighted by Gasteiger charge is 2.17. The maximum Gasteiger partial charge on any atom is 0.254 e. The molecule has 1 aromatic heterocycles. The van der Waals surface area contributed by atoms with Gasteiger partial charge in [-0.3, -0.25) is 4.79 Å². The third kappa shape index (κ3) is 3.96. The van der Waals surface area contributed by atoms with E-state index in [4.69, 9.17) is 0 Å². The van der Waals surface area contributed by atoms with Gasteiger partial charge in [-0.2, -0.15) is 5.10 Å². The highest BCUT2D eigenvalue weighted by atomic mass is 19.2. The molecule has 7 heteroatoms. The number of rotatable bonds is 5. The van der Waals surface area contributed by atoms with Crippen molar-refractivity contribution in [1.29, 1.82) is 0 Å². The van der Waals surface area contributed by atoms with Crippen molar-refractivity contribution in [3.05, 3.63) is 108 Å². The number of hydrogen-bond acceptors (Lipinski definition) is 2. The lowest BCUT2D eigenvalue weighted by Crippen LogP contribution is -2.24. The summed E-state index contributed by atoms with van der Waals surface area (Å²) in [6, 6.07) is 18.6. The van der Waals surface area contributed by atoms with Gasteiger partial charge in [0, 0.05) is 23.9 Å². The van der Waals surface area contributed by atoms with E-state index in [1.165, 1.54) is 24.3 Å². The highest BCUT2D eigenvalue weighted by molar-refractivity contribution is 5.94. The molecular formula is C23H16F3N3O. The molecule has 0 radical (unpaired) electrons. The van der Waals surface area contributed by atoms with Crippen molar-refractivity contribution in [2.45, 2.75) is 6.54 Å². The molecule has 0 saturated carbocycles. The molecule has 0 atom stereocenters. The Morgan fingerprint density at radius 2 is 1.63 bits per heavy atom. The van der Waals surface area contributed by atoms with Gasteiger partial charge in [-0.05, 0) is 48.5 Å². The maximum atomic E-state index is 13.9. The van der Waals surface area contributed by atoms with Gasteiger partial charge >= 0.3 is 0 Å². The standard InChI is InChI=1S/C23H16F3N3O/c24-17-11-9-15(10-12-17)22-16(14-29(28-22)18-5-2-1-3-6-18)13-27-23(30)19-7-4-8-20(25)21(19)26/h1-12,14H,13H2,(H,27,30). The van der Waals surface area contributed by atoms with Crippen LogP contribution in [0, 0.1) is 17.5 Å². The Kier molecular flexibility index (Phi) is 5.34. The lowest BCUT2D eigenvalue weighted by molar-refractivity contribution is 0.0946. The number of nitrogens with zero attached hydrogens (tertiary/aromatic N) is 2. The van der Waals surface area contributed by atoms with Crippen molar-refractivity contribution in [1.82, 2.24) is 15.1 Å². The smallest absolute Gasteiger partial charge is 0.254 e. The monoisotopic (exact) mass is 407 g/mol. The number of carbonyl (C=O) groups is 1. The van der Waals surface area contributed by atoms with Crippen molar-refractivity contribution in [2.75, 3.05) is 0 Å². The van der Waals surface area contributed by atoms with Crippen LogP contribution in [0.15, 0.2) is 79.0 Å². The predicted octanol–water partition coefficient (Wildman–Crippen LogP) is 4.89. The van der Waals surface area contributed by atoms with Gasteiger partial charge in [0.25, 0.3) is 5.91 Å². The highest BCUT2D eigenvalue weighted by Crippen LogP contribution is 2.24. The molecule has 0 aliphatic heterocycles. The number of para-hydroxylation sites is 1. The summed E-state index contributed by atoms with van der Waals surface area (Å²) in [7, 11) is 0. The first-order valence-electron chi connectivity index (χ1n) is 9.15. The van der Waals surface area contributed by atoms with Gasteiger partial charge in [-0.1, -0.05) is 24.3 Å². The number of benzene rings is 3. The molecule has 0 spiro atoms. The summed E-state index contributed by atoms with van der Waals surface area (Å²) in [6.07, 6.45) is 1.73. The average molecular weight is 407 g/mol. The number of aromatic nitrogens is 2. The lowest BCUT2D eigenvalue weighted by atomic mass is 10.1. The molecule has 1 amide bonds. The van der Waals surface area contributed by atoms with Crippen LogP contribution < -0.4 is 5.32 Å². The van der Waals surface area contributed by atoms with Crippen LogP contribution in [-0.4, -0.2) is 15.7 Å². The molecular weight excluding hydrogens is 391 g/mol. The van der Waals surface area contributed by atoms with Crippen molar-refractivity contribution < 1.29 is 18.0 Å². The molecule has 0 aliphatic carbocycles. The zero-order valence-corrected chi connectivity index (χ0v) is 15.6. The fraction of sp³-hybridized carbons (Fsp3) is 0.0435. The van der Waals surface area contributed by atoms with E-state index in [-0.39, 0.29) is 17.9 Å². The van der Waals surface area contributed by atoms with Crippen LogP contribution in [-0.2, 0) is 6.54 Å². The summed E-state index contributed by atoms with van der Waals surface area (Å²) < 4.78 is 42.3. The molecule has 0 unspecified atom stereocenters. The molecule has 0 saturated heterocycles. The number of nitrogens with one attached hydrogen (secondary N) is 1. The zero-order valence-electron chi connectivity index (χ0n) is 15.6. The second-order valence-electron chi connectivity index (χ2n) is 6.57. The van der Waals surface area contributed by atoms with Gasteiger partial charge in [0.2, 0.25) is 0 Å². The second-order valence-corrected chi connectivity index (χ2v) is 6.57. The van der Waals surface area contributed by atoms with E-state index in [1.54, 1.807) is 23.0 Å². The average Bonchev–Trinajstić information content (AvgIpc) is 3.19. The predicted molar refractivity (Wildman–Crippen MR) is 106 cm³/mol. The minimum Gasteiger partial charge on any atom is -0.348 e. The summed E-state index contributed by atoms with van der Waals surface area (Å²) >= 11 is 0. The van der Waals surface area contributed by atoms with E-state index >= 15 is 0 Å². The summed E-state index contributed by atoms with van der Waals surface area (Å²) in [4.78, 5) is 12.4. The van der Waals surface area contributed by atoms with Gasteiger partial charge < -0.3 is 5.32 Å². The Labute approximate surface area is 170 Å². The van der Waals surface area contributed by atoms with Gasteiger partial charge in [-0.15, -0.1) is 0 Å². The van der Waals surface area contributed by atoms with Crippen LogP contribution in [0.2, 0.25) is 0 Å². The topological polar surface area (TPSA) is 46.9 Å². The minimum atomic E-state index is -1.20. The molecule has 4 rings (SSSR count). The normalized spacial score (nSPS) is 10.8.